The van der Waals surface area contributed by atoms with E-state index in [-0.39, 0.29) is 5.91 Å². The lowest BCUT2D eigenvalue weighted by Gasteiger charge is -2.07. The van der Waals surface area contributed by atoms with Crippen LogP contribution in [0.5, 0.6) is 0 Å². The highest BCUT2D eigenvalue weighted by Crippen LogP contribution is 2.26. The van der Waals surface area contributed by atoms with Crippen LogP contribution in [0.25, 0.3) is 10.8 Å². The molecule has 0 spiro atoms. The molecule has 2 aromatic carbocycles. The van der Waals surface area contributed by atoms with Gasteiger partial charge in [-0.1, -0.05) is 35.6 Å². The van der Waals surface area contributed by atoms with E-state index in [2.05, 4.69) is 26.2 Å². The third-order valence-electron chi connectivity index (χ3n) is 2.86. The Morgan fingerprint density at radius 1 is 1.25 bits per heavy atom. The number of benzene rings is 2. The third kappa shape index (κ3) is 2.52. The van der Waals surface area contributed by atoms with Crippen LogP contribution < -0.4 is 11.1 Å². The van der Waals surface area contributed by atoms with Crippen molar-refractivity contribution in [2.75, 3.05) is 11.1 Å². The van der Waals surface area contributed by atoms with Gasteiger partial charge in [0, 0.05) is 5.69 Å². The number of rotatable bonds is 2. The van der Waals surface area contributed by atoms with Crippen LogP contribution in [0.3, 0.4) is 0 Å². The zero-order valence-electron chi connectivity index (χ0n) is 10.3. The van der Waals surface area contributed by atoms with Crippen molar-refractivity contribution in [3.05, 3.63) is 51.9 Å². The molecule has 0 bridgehead atoms. The fraction of sp³-hybridized carbons (Fsp3) is 0. The Kier molecular flexibility index (Phi) is 3.42. The normalized spacial score (nSPS) is 10.7. The molecule has 0 saturated carbocycles. The van der Waals surface area contributed by atoms with Gasteiger partial charge in [0.15, 0.2) is 5.13 Å². The second kappa shape index (κ2) is 5.22. The summed E-state index contributed by atoms with van der Waals surface area (Å²) in [6, 6.07) is 11.4. The molecule has 0 fully saturated rings. The molecular weight excluding hydrogens is 338 g/mol. The lowest BCUT2D eigenvalue weighted by Crippen LogP contribution is -2.13. The summed E-state index contributed by atoms with van der Waals surface area (Å²) in [4.78, 5) is 16.3. The van der Waals surface area contributed by atoms with E-state index in [1.54, 1.807) is 12.3 Å². The van der Waals surface area contributed by atoms with Crippen LogP contribution >= 0.6 is 27.3 Å². The SMILES string of the molecule is Nc1cc2ccccc2cc1C(=O)Nc1ncc(Br)s1. The van der Waals surface area contributed by atoms with Gasteiger partial charge in [0.2, 0.25) is 0 Å². The first-order chi connectivity index (χ1) is 9.63. The van der Waals surface area contributed by atoms with Gasteiger partial charge in [0.05, 0.1) is 15.5 Å². The first-order valence-electron chi connectivity index (χ1n) is 5.84. The minimum Gasteiger partial charge on any atom is -0.398 e. The second-order valence-corrected chi connectivity index (χ2v) is 6.62. The number of thiazole rings is 1. The summed E-state index contributed by atoms with van der Waals surface area (Å²) in [5.74, 6) is -0.255. The van der Waals surface area contributed by atoms with E-state index in [0.717, 1.165) is 14.6 Å². The van der Waals surface area contributed by atoms with Crippen molar-refractivity contribution < 1.29 is 4.79 Å². The van der Waals surface area contributed by atoms with E-state index in [9.17, 15) is 4.79 Å². The number of amides is 1. The molecule has 4 nitrogen and oxygen atoms in total. The molecular formula is C14H10BrN3OS. The van der Waals surface area contributed by atoms with Crippen LogP contribution in [0, 0.1) is 0 Å². The minimum absolute atomic E-state index is 0.255. The number of hydrogen-bond donors (Lipinski definition) is 2. The molecule has 6 heteroatoms. The van der Waals surface area contributed by atoms with Crippen LogP contribution in [0.4, 0.5) is 10.8 Å². The zero-order chi connectivity index (χ0) is 14.1. The van der Waals surface area contributed by atoms with Crippen LogP contribution in [0.15, 0.2) is 46.4 Å². The first kappa shape index (κ1) is 13.1. The Morgan fingerprint density at radius 3 is 2.60 bits per heavy atom. The molecule has 0 aliphatic rings. The fourth-order valence-corrected chi connectivity index (χ4v) is 3.03. The van der Waals surface area contributed by atoms with E-state index in [1.807, 2.05) is 30.3 Å². The molecule has 0 aliphatic carbocycles. The van der Waals surface area contributed by atoms with Gasteiger partial charge in [0.25, 0.3) is 5.91 Å². The van der Waals surface area contributed by atoms with Crippen molar-refractivity contribution >= 4 is 54.8 Å². The van der Waals surface area contributed by atoms with Crippen LogP contribution in [-0.2, 0) is 0 Å². The van der Waals surface area contributed by atoms with Crippen molar-refractivity contribution in [2.45, 2.75) is 0 Å². The number of halogens is 1. The summed E-state index contributed by atoms with van der Waals surface area (Å²) in [6.07, 6.45) is 1.64. The Balaban J connectivity index is 1.96. The van der Waals surface area contributed by atoms with E-state index < -0.39 is 0 Å². The predicted molar refractivity (Wildman–Crippen MR) is 86.1 cm³/mol. The summed E-state index contributed by atoms with van der Waals surface area (Å²) in [5, 5.41) is 5.27. The van der Waals surface area contributed by atoms with Crippen LogP contribution in [-0.4, -0.2) is 10.9 Å². The molecule has 0 aliphatic heterocycles. The number of nitrogens with two attached hydrogens (primary N) is 1. The lowest BCUT2D eigenvalue weighted by molar-refractivity contribution is 0.102. The molecule has 20 heavy (non-hydrogen) atoms. The average molecular weight is 348 g/mol. The highest BCUT2D eigenvalue weighted by molar-refractivity contribution is 9.11. The summed E-state index contributed by atoms with van der Waals surface area (Å²) in [6.45, 7) is 0. The molecule has 1 aromatic heterocycles. The summed E-state index contributed by atoms with van der Waals surface area (Å²) in [7, 11) is 0. The van der Waals surface area contributed by atoms with Gasteiger partial charge in [-0.25, -0.2) is 4.98 Å². The Morgan fingerprint density at radius 2 is 1.95 bits per heavy atom. The van der Waals surface area contributed by atoms with E-state index in [0.29, 0.717) is 16.4 Å². The largest absolute Gasteiger partial charge is 0.398 e. The van der Waals surface area contributed by atoms with Crippen molar-refractivity contribution in [3.63, 3.8) is 0 Å². The first-order valence-corrected chi connectivity index (χ1v) is 7.45. The standard InChI is InChI=1S/C14H10BrN3OS/c15-12-7-17-14(20-12)18-13(19)10-5-8-3-1-2-4-9(8)6-11(10)16/h1-7H,16H2,(H,17,18,19). The number of nitrogen functional groups attached to an aromatic ring is 1. The van der Waals surface area contributed by atoms with Gasteiger partial charge in [-0.05, 0) is 38.8 Å². The Bertz CT molecular complexity index is 800. The monoisotopic (exact) mass is 347 g/mol. The average Bonchev–Trinajstić information content (AvgIpc) is 2.83. The van der Waals surface area contributed by atoms with Gasteiger partial charge in [-0.15, -0.1) is 0 Å². The van der Waals surface area contributed by atoms with Crippen molar-refractivity contribution in [1.82, 2.24) is 4.98 Å². The van der Waals surface area contributed by atoms with Gasteiger partial charge in [-0.3, -0.25) is 10.1 Å². The highest BCUT2D eigenvalue weighted by atomic mass is 79.9. The molecule has 1 amide bonds. The van der Waals surface area contributed by atoms with Gasteiger partial charge >= 0.3 is 0 Å². The zero-order valence-corrected chi connectivity index (χ0v) is 12.7. The van der Waals surface area contributed by atoms with Crippen molar-refractivity contribution in [3.8, 4) is 0 Å². The maximum absolute atomic E-state index is 12.2. The quantitative estimate of drug-likeness (QED) is 0.691. The molecule has 0 saturated heterocycles. The molecule has 0 atom stereocenters. The summed E-state index contributed by atoms with van der Waals surface area (Å²) >= 11 is 4.66. The Hall–Kier alpha value is -1.92. The summed E-state index contributed by atoms with van der Waals surface area (Å²) < 4.78 is 0.860. The van der Waals surface area contributed by atoms with Crippen molar-refractivity contribution in [1.29, 1.82) is 0 Å². The van der Waals surface area contributed by atoms with Gasteiger partial charge in [-0.2, -0.15) is 0 Å². The number of carbonyl (C=O) groups excluding carboxylic acids is 1. The molecule has 100 valence electrons. The summed E-state index contributed by atoms with van der Waals surface area (Å²) in [5.41, 5.74) is 6.87. The third-order valence-corrected chi connectivity index (χ3v) is 4.25. The number of fused-ring (bicyclic) bond motifs is 1. The fourth-order valence-electron chi connectivity index (χ4n) is 1.93. The molecule has 1 heterocycles. The maximum atomic E-state index is 12.2. The van der Waals surface area contributed by atoms with E-state index in [1.165, 1.54) is 11.3 Å². The lowest BCUT2D eigenvalue weighted by atomic mass is 10.0. The van der Waals surface area contributed by atoms with Crippen LogP contribution in [0.2, 0.25) is 0 Å². The molecule has 3 rings (SSSR count). The number of nitrogens with one attached hydrogen (secondary N) is 1. The number of aromatic nitrogens is 1. The van der Waals surface area contributed by atoms with Crippen molar-refractivity contribution in [2.24, 2.45) is 0 Å². The number of anilines is 2. The second-order valence-electron chi connectivity index (χ2n) is 4.21. The predicted octanol–water partition coefficient (Wildman–Crippen LogP) is 3.89. The van der Waals surface area contributed by atoms with Gasteiger partial charge < -0.3 is 5.73 Å². The highest BCUT2D eigenvalue weighted by Gasteiger charge is 2.12. The molecule has 3 N–H and O–H groups in total. The topological polar surface area (TPSA) is 68.0 Å². The number of nitrogens with zero attached hydrogens (tertiary/aromatic N) is 1. The van der Waals surface area contributed by atoms with Crippen LogP contribution in [0.1, 0.15) is 10.4 Å². The maximum Gasteiger partial charge on any atom is 0.259 e. The number of carbonyl (C=O) groups is 1. The molecule has 0 unspecified atom stereocenters. The Labute approximate surface area is 127 Å². The molecule has 0 radical (unpaired) electrons. The molecule has 3 aromatic rings. The van der Waals surface area contributed by atoms with E-state index >= 15 is 0 Å². The van der Waals surface area contributed by atoms with Gasteiger partial charge in [0.1, 0.15) is 0 Å². The smallest absolute Gasteiger partial charge is 0.259 e. The van der Waals surface area contributed by atoms with E-state index in [4.69, 9.17) is 5.73 Å². The minimum atomic E-state index is -0.255. The number of hydrogen-bond acceptors (Lipinski definition) is 4.